The van der Waals surface area contributed by atoms with Crippen LogP contribution >= 0.6 is 0 Å². The summed E-state index contributed by atoms with van der Waals surface area (Å²) in [5, 5.41) is 7.83. The van der Waals surface area contributed by atoms with Gasteiger partial charge in [0.2, 0.25) is 0 Å². The summed E-state index contributed by atoms with van der Waals surface area (Å²) < 4.78 is 7.17. The second-order valence-electron chi connectivity index (χ2n) is 8.39. The number of ether oxygens (including phenoxy) is 1. The number of piperidine rings is 1. The molecule has 6 nitrogen and oxygen atoms in total. The van der Waals surface area contributed by atoms with E-state index in [1.165, 1.54) is 24.8 Å². The third kappa shape index (κ3) is 4.70. The number of hydrogen-bond acceptors (Lipinski definition) is 4. The molecule has 1 aliphatic rings. The molecular weight excluding hydrogens is 400 g/mol. The molecule has 0 unspecified atom stereocenters. The number of nitrogens with zero attached hydrogens (tertiary/aromatic N) is 3. The summed E-state index contributed by atoms with van der Waals surface area (Å²) in [6.45, 7) is 6.51. The molecule has 32 heavy (non-hydrogen) atoms. The SMILES string of the molecule is COc1ccc([C@@H](CNC(=O)c2c(C)nn(-c3ccccc3)c2C)N2CCCCC2)cc1. The molecule has 168 valence electrons. The lowest BCUT2D eigenvalue weighted by Crippen LogP contribution is -2.40. The second-order valence-corrected chi connectivity index (χ2v) is 8.39. The number of hydrogen-bond donors (Lipinski definition) is 1. The van der Waals surface area contributed by atoms with Crippen molar-refractivity contribution in [3.63, 3.8) is 0 Å². The zero-order valence-electron chi connectivity index (χ0n) is 19.2. The van der Waals surface area contributed by atoms with Crippen molar-refractivity contribution in [1.82, 2.24) is 20.0 Å². The first-order valence-corrected chi connectivity index (χ1v) is 11.4. The largest absolute Gasteiger partial charge is 0.497 e. The molecule has 1 N–H and O–H groups in total. The Kier molecular flexibility index (Phi) is 6.90. The fourth-order valence-corrected chi connectivity index (χ4v) is 4.58. The summed E-state index contributed by atoms with van der Waals surface area (Å²) in [6.07, 6.45) is 3.67. The highest BCUT2D eigenvalue weighted by Crippen LogP contribution is 2.26. The van der Waals surface area contributed by atoms with E-state index in [4.69, 9.17) is 4.74 Å². The van der Waals surface area contributed by atoms with Gasteiger partial charge in [-0.25, -0.2) is 4.68 Å². The molecule has 2 aromatic carbocycles. The van der Waals surface area contributed by atoms with E-state index in [-0.39, 0.29) is 11.9 Å². The van der Waals surface area contributed by atoms with Gasteiger partial charge in [0.05, 0.1) is 35.8 Å². The Morgan fingerprint density at radius 1 is 1.03 bits per heavy atom. The van der Waals surface area contributed by atoms with Crippen molar-refractivity contribution in [3.8, 4) is 11.4 Å². The van der Waals surface area contributed by atoms with Gasteiger partial charge >= 0.3 is 0 Å². The van der Waals surface area contributed by atoms with Crippen LogP contribution in [0.5, 0.6) is 5.75 Å². The van der Waals surface area contributed by atoms with Gasteiger partial charge in [-0.3, -0.25) is 9.69 Å². The molecule has 0 radical (unpaired) electrons. The van der Waals surface area contributed by atoms with Crippen LogP contribution in [0.25, 0.3) is 5.69 Å². The number of amides is 1. The molecule has 6 heteroatoms. The summed E-state index contributed by atoms with van der Waals surface area (Å²) in [4.78, 5) is 15.7. The van der Waals surface area contributed by atoms with Crippen molar-refractivity contribution in [3.05, 3.63) is 77.1 Å². The van der Waals surface area contributed by atoms with Gasteiger partial charge in [0, 0.05) is 6.54 Å². The predicted molar refractivity (Wildman–Crippen MR) is 127 cm³/mol. The molecule has 1 aliphatic heterocycles. The van der Waals surface area contributed by atoms with E-state index in [2.05, 4.69) is 27.4 Å². The fraction of sp³-hybridized carbons (Fsp3) is 0.385. The van der Waals surface area contributed by atoms with Gasteiger partial charge in [0.25, 0.3) is 5.91 Å². The molecule has 0 saturated carbocycles. The summed E-state index contributed by atoms with van der Waals surface area (Å²) in [6, 6.07) is 18.3. The molecule has 1 fully saturated rings. The summed E-state index contributed by atoms with van der Waals surface area (Å²) in [5.41, 5.74) is 4.40. The molecule has 0 bridgehead atoms. The van der Waals surface area contributed by atoms with Gasteiger partial charge < -0.3 is 10.1 Å². The van der Waals surface area contributed by atoms with Crippen LogP contribution in [0.15, 0.2) is 54.6 Å². The molecule has 1 atom stereocenters. The minimum atomic E-state index is -0.0716. The molecule has 1 aromatic heterocycles. The number of rotatable bonds is 7. The van der Waals surface area contributed by atoms with Crippen molar-refractivity contribution in [2.75, 3.05) is 26.7 Å². The number of methoxy groups -OCH3 is 1. The molecular formula is C26H32N4O2. The minimum Gasteiger partial charge on any atom is -0.497 e. The lowest BCUT2D eigenvalue weighted by molar-refractivity contribution is 0.0923. The maximum Gasteiger partial charge on any atom is 0.255 e. The monoisotopic (exact) mass is 432 g/mol. The van der Waals surface area contributed by atoms with E-state index in [9.17, 15) is 4.79 Å². The number of carbonyl (C=O) groups excluding carboxylic acids is 1. The lowest BCUT2D eigenvalue weighted by Gasteiger charge is -2.35. The maximum absolute atomic E-state index is 13.2. The molecule has 1 amide bonds. The predicted octanol–water partition coefficient (Wildman–Crippen LogP) is 4.45. The summed E-state index contributed by atoms with van der Waals surface area (Å²) in [7, 11) is 1.68. The van der Waals surface area contributed by atoms with Crippen LogP contribution in [0, 0.1) is 13.8 Å². The lowest BCUT2D eigenvalue weighted by atomic mass is 10.0. The second kappa shape index (κ2) is 10.0. The molecule has 3 aromatic rings. The Hall–Kier alpha value is -3.12. The van der Waals surface area contributed by atoms with Crippen molar-refractivity contribution < 1.29 is 9.53 Å². The first-order valence-electron chi connectivity index (χ1n) is 11.4. The van der Waals surface area contributed by atoms with Crippen LogP contribution in [-0.2, 0) is 0 Å². The smallest absolute Gasteiger partial charge is 0.255 e. The quantitative estimate of drug-likeness (QED) is 0.599. The van der Waals surface area contributed by atoms with Gasteiger partial charge in [0.15, 0.2) is 0 Å². The fourth-order valence-electron chi connectivity index (χ4n) is 4.58. The van der Waals surface area contributed by atoms with E-state index < -0.39 is 0 Å². The van der Waals surface area contributed by atoms with Gasteiger partial charge in [-0.2, -0.15) is 5.10 Å². The number of aryl methyl sites for hydroxylation is 1. The zero-order chi connectivity index (χ0) is 22.5. The summed E-state index contributed by atoms with van der Waals surface area (Å²) in [5.74, 6) is 0.771. The van der Waals surface area contributed by atoms with Gasteiger partial charge in [-0.1, -0.05) is 36.8 Å². The Morgan fingerprint density at radius 2 is 1.72 bits per heavy atom. The normalized spacial score (nSPS) is 15.3. The minimum absolute atomic E-state index is 0.0716. The van der Waals surface area contributed by atoms with Crippen molar-refractivity contribution in [2.45, 2.75) is 39.2 Å². The topological polar surface area (TPSA) is 59.4 Å². The van der Waals surface area contributed by atoms with Crippen LogP contribution in [0.1, 0.15) is 52.6 Å². The number of aromatic nitrogens is 2. The molecule has 0 spiro atoms. The van der Waals surface area contributed by atoms with Crippen molar-refractivity contribution in [2.24, 2.45) is 0 Å². The first kappa shape index (κ1) is 22.1. The van der Waals surface area contributed by atoms with E-state index >= 15 is 0 Å². The highest BCUT2D eigenvalue weighted by Gasteiger charge is 2.25. The standard InChI is InChI=1S/C26H32N4O2/c1-19-25(20(2)30(28-19)22-10-6-4-7-11-22)26(31)27-18-24(29-16-8-5-9-17-29)21-12-14-23(32-3)15-13-21/h4,6-7,10-15,24H,5,8-9,16-18H2,1-3H3,(H,27,31)/t24-/m1/s1. The Morgan fingerprint density at radius 3 is 2.38 bits per heavy atom. The Bertz CT molecular complexity index is 1040. The van der Waals surface area contributed by atoms with E-state index in [1.54, 1.807) is 7.11 Å². The van der Waals surface area contributed by atoms with Gasteiger partial charge in [-0.05, 0) is 69.6 Å². The van der Waals surface area contributed by atoms with Gasteiger partial charge in [-0.15, -0.1) is 0 Å². The molecule has 0 aliphatic carbocycles. The third-order valence-corrected chi connectivity index (χ3v) is 6.31. The van der Waals surface area contributed by atoms with Crippen molar-refractivity contribution in [1.29, 1.82) is 0 Å². The number of para-hydroxylation sites is 1. The number of nitrogens with one attached hydrogen (secondary N) is 1. The summed E-state index contributed by atoms with van der Waals surface area (Å²) >= 11 is 0. The highest BCUT2D eigenvalue weighted by atomic mass is 16.5. The number of carbonyl (C=O) groups is 1. The Balaban J connectivity index is 1.54. The van der Waals surface area contributed by atoms with E-state index in [0.29, 0.717) is 12.1 Å². The van der Waals surface area contributed by atoms with Gasteiger partial charge in [0.1, 0.15) is 5.75 Å². The highest BCUT2D eigenvalue weighted by molar-refractivity contribution is 5.96. The van der Waals surface area contributed by atoms with E-state index in [1.807, 2.05) is 61.0 Å². The van der Waals surface area contributed by atoms with Crippen LogP contribution in [0.2, 0.25) is 0 Å². The number of benzene rings is 2. The number of likely N-dealkylation sites (tertiary alicyclic amines) is 1. The van der Waals surface area contributed by atoms with Crippen LogP contribution in [0.4, 0.5) is 0 Å². The van der Waals surface area contributed by atoms with Crippen LogP contribution in [0.3, 0.4) is 0 Å². The third-order valence-electron chi connectivity index (χ3n) is 6.31. The average molecular weight is 433 g/mol. The van der Waals surface area contributed by atoms with E-state index in [0.717, 1.165) is 35.9 Å². The molecule has 4 rings (SSSR count). The molecule has 1 saturated heterocycles. The van der Waals surface area contributed by atoms with Crippen molar-refractivity contribution >= 4 is 5.91 Å². The maximum atomic E-state index is 13.2. The van der Waals surface area contributed by atoms with Crippen LogP contribution < -0.4 is 10.1 Å². The van der Waals surface area contributed by atoms with Crippen LogP contribution in [-0.4, -0.2) is 47.3 Å². The zero-order valence-corrected chi connectivity index (χ0v) is 19.2. The Labute approximate surface area is 190 Å². The average Bonchev–Trinajstić information content (AvgIpc) is 3.14. The first-order chi connectivity index (χ1) is 15.6. The molecule has 2 heterocycles.